The van der Waals surface area contributed by atoms with Crippen LogP contribution in [0.15, 0.2) is 22.6 Å². The van der Waals surface area contributed by atoms with Crippen molar-refractivity contribution in [3.8, 4) is 0 Å². The van der Waals surface area contributed by atoms with Crippen LogP contribution in [0.4, 0.5) is 0 Å². The smallest absolute Gasteiger partial charge is 0.134 e. The predicted octanol–water partition coefficient (Wildman–Crippen LogP) is 2.77. The molecule has 2 aromatic rings. The zero-order chi connectivity index (χ0) is 10.1. The van der Waals surface area contributed by atoms with Crippen LogP contribution in [0.5, 0.6) is 0 Å². The van der Waals surface area contributed by atoms with E-state index in [1.54, 1.807) is 0 Å². The van der Waals surface area contributed by atoms with E-state index in [4.69, 9.17) is 4.42 Å². The number of hydrogen-bond donors (Lipinski definition) is 1. The van der Waals surface area contributed by atoms with Crippen molar-refractivity contribution in [2.24, 2.45) is 0 Å². The molecular formula is C12H15NO. The Labute approximate surface area is 83.9 Å². The lowest BCUT2D eigenvalue weighted by Gasteiger charge is -1.94. The van der Waals surface area contributed by atoms with Crippen LogP contribution >= 0.6 is 0 Å². The Morgan fingerprint density at radius 3 is 2.79 bits per heavy atom. The number of nitrogens with one attached hydrogen (secondary N) is 1. The molecule has 0 saturated heterocycles. The number of aryl methyl sites for hydroxylation is 2. The highest BCUT2D eigenvalue weighted by atomic mass is 16.3. The highest BCUT2D eigenvalue weighted by Gasteiger charge is 2.08. The molecule has 1 heterocycles. The normalized spacial score (nSPS) is 11.1. The Morgan fingerprint density at radius 2 is 2.07 bits per heavy atom. The summed E-state index contributed by atoms with van der Waals surface area (Å²) in [7, 11) is 1.93. The first-order chi connectivity index (χ1) is 6.72. The van der Waals surface area contributed by atoms with Crippen molar-refractivity contribution in [3.05, 3.63) is 35.1 Å². The van der Waals surface area contributed by atoms with Crippen molar-refractivity contribution in [1.29, 1.82) is 0 Å². The average Bonchev–Trinajstić information content (AvgIpc) is 2.44. The van der Waals surface area contributed by atoms with E-state index in [0.29, 0.717) is 0 Å². The quantitative estimate of drug-likeness (QED) is 0.785. The Balaban J connectivity index is 2.61. The minimum absolute atomic E-state index is 0.791. The summed E-state index contributed by atoms with van der Waals surface area (Å²) in [6, 6.07) is 6.33. The molecule has 0 radical (unpaired) electrons. The molecule has 1 aromatic carbocycles. The van der Waals surface area contributed by atoms with Gasteiger partial charge in [0.05, 0.1) is 6.54 Å². The van der Waals surface area contributed by atoms with E-state index in [1.807, 2.05) is 7.05 Å². The Morgan fingerprint density at radius 1 is 1.29 bits per heavy atom. The van der Waals surface area contributed by atoms with Crippen molar-refractivity contribution in [2.75, 3.05) is 7.05 Å². The second kappa shape index (κ2) is 3.46. The Bertz CT molecular complexity index is 457. The Kier molecular flexibility index (Phi) is 2.30. The maximum Gasteiger partial charge on any atom is 0.134 e. The lowest BCUT2D eigenvalue weighted by molar-refractivity contribution is 0.527. The molecule has 0 aliphatic heterocycles. The molecule has 0 aliphatic carbocycles. The topological polar surface area (TPSA) is 25.2 Å². The number of hydrogen-bond acceptors (Lipinski definition) is 2. The lowest BCUT2D eigenvalue weighted by atomic mass is 10.1. The van der Waals surface area contributed by atoms with E-state index < -0.39 is 0 Å². The van der Waals surface area contributed by atoms with Crippen LogP contribution in [-0.2, 0) is 6.54 Å². The third-order valence-electron chi connectivity index (χ3n) is 2.53. The second-order valence-electron chi connectivity index (χ2n) is 3.68. The SMILES string of the molecule is CNCc1oc2cc(C)ccc2c1C. The van der Waals surface area contributed by atoms with Crippen molar-refractivity contribution >= 4 is 11.0 Å². The van der Waals surface area contributed by atoms with Gasteiger partial charge in [-0.3, -0.25) is 0 Å². The third kappa shape index (κ3) is 1.42. The second-order valence-corrected chi connectivity index (χ2v) is 3.68. The van der Waals surface area contributed by atoms with E-state index in [0.717, 1.165) is 17.9 Å². The van der Waals surface area contributed by atoms with Gasteiger partial charge in [-0.1, -0.05) is 12.1 Å². The van der Waals surface area contributed by atoms with E-state index in [1.165, 1.54) is 16.5 Å². The summed E-state index contributed by atoms with van der Waals surface area (Å²) in [5.41, 5.74) is 3.48. The van der Waals surface area contributed by atoms with E-state index >= 15 is 0 Å². The van der Waals surface area contributed by atoms with E-state index in [-0.39, 0.29) is 0 Å². The summed E-state index contributed by atoms with van der Waals surface area (Å²) >= 11 is 0. The fourth-order valence-corrected chi connectivity index (χ4v) is 1.71. The largest absolute Gasteiger partial charge is 0.459 e. The summed E-state index contributed by atoms with van der Waals surface area (Å²) in [5, 5.41) is 4.33. The van der Waals surface area contributed by atoms with Gasteiger partial charge in [-0.25, -0.2) is 0 Å². The first-order valence-corrected chi connectivity index (χ1v) is 4.85. The first-order valence-electron chi connectivity index (χ1n) is 4.85. The summed E-state index contributed by atoms with van der Waals surface area (Å²) in [4.78, 5) is 0. The van der Waals surface area contributed by atoms with Crippen LogP contribution in [0.2, 0.25) is 0 Å². The molecule has 0 unspecified atom stereocenters. The van der Waals surface area contributed by atoms with Crippen LogP contribution in [-0.4, -0.2) is 7.05 Å². The highest BCUT2D eigenvalue weighted by Crippen LogP contribution is 2.25. The summed E-state index contributed by atoms with van der Waals surface area (Å²) < 4.78 is 5.76. The van der Waals surface area contributed by atoms with Gasteiger partial charge in [0.2, 0.25) is 0 Å². The Hall–Kier alpha value is -1.28. The average molecular weight is 189 g/mol. The zero-order valence-corrected chi connectivity index (χ0v) is 8.85. The molecule has 0 amide bonds. The number of fused-ring (bicyclic) bond motifs is 1. The van der Waals surface area contributed by atoms with Gasteiger partial charge in [0.1, 0.15) is 11.3 Å². The molecule has 0 atom stereocenters. The molecule has 0 spiro atoms. The highest BCUT2D eigenvalue weighted by molar-refractivity contribution is 5.82. The van der Waals surface area contributed by atoms with Crippen molar-refractivity contribution in [3.63, 3.8) is 0 Å². The molecule has 74 valence electrons. The lowest BCUT2D eigenvalue weighted by Crippen LogP contribution is -2.04. The fraction of sp³-hybridized carbons (Fsp3) is 0.333. The summed E-state index contributed by atoms with van der Waals surface area (Å²) in [6.45, 7) is 4.97. The molecule has 0 fully saturated rings. The minimum Gasteiger partial charge on any atom is -0.459 e. The monoisotopic (exact) mass is 189 g/mol. The fourth-order valence-electron chi connectivity index (χ4n) is 1.71. The standard InChI is InChI=1S/C12H15NO/c1-8-4-5-10-9(2)12(7-13-3)14-11(10)6-8/h4-6,13H,7H2,1-3H3. The molecule has 0 bridgehead atoms. The van der Waals surface area contributed by atoms with Gasteiger partial charge in [-0.2, -0.15) is 0 Å². The molecule has 0 aliphatic rings. The van der Waals surface area contributed by atoms with Gasteiger partial charge in [-0.15, -0.1) is 0 Å². The van der Waals surface area contributed by atoms with Gasteiger partial charge in [-0.05, 0) is 38.1 Å². The third-order valence-corrected chi connectivity index (χ3v) is 2.53. The van der Waals surface area contributed by atoms with Gasteiger partial charge < -0.3 is 9.73 Å². The number of rotatable bonds is 2. The molecular weight excluding hydrogens is 174 g/mol. The van der Waals surface area contributed by atoms with Gasteiger partial charge in [0, 0.05) is 5.39 Å². The van der Waals surface area contributed by atoms with Gasteiger partial charge in [0.25, 0.3) is 0 Å². The van der Waals surface area contributed by atoms with Gasteiger partial charge in [0.15, 0.2) is 0 Å². The van der Waals surface area contributed by atoms with Gasteiger partial charge >= 0.3 is 0 Å². The molecule has 0 saturated carbocycles. The minimum atomic E-state index is 0.791. The molecule has 1 N–H and O–H groups in total. The van der Waals surface area contributed by atoms with Crippen LogP contribution in [0.25, 0.3) is 11.0 Å². The zero-order valence-electron chi connectivity index (χ0n) is 8.85. The maximum atomic E-state index is 5.76. The molecule has 2 nitrogen and oxygen atoms in total. The molecule has 2 rings (SSSR count). The molecule has 14 heavy (non-hydrogen) atoms. The van der Waals surface area contributed by atoms with Crippen molar-refractivity contribution in [1.82, 2.24) is 5.32 Å². The molecule has 1 aromatic heterocycles. The van der Waals surface area contributed by atoms with Crippen LogP contribution in [0, 0.1) is 13.8 Å². The first kappa shape index (κ1) is 9.28. The molecule has 2 heteroatoms. The van der Waals surface area contributed by atoms with Crippen molar-refractivity contribution < 1.29 is 4.42 Å². The predicted molar refractivity (Wildman–Crippen MR) is 58.5 cm³/mol. The summed E-state index contributed by atoms with van der Waals surface area (Å²) in [6.07, 6.45) is 0. The van der Waals surface area contributed by atoms with Crippen LogP contribution in [0.3, 0.4) is 0 Å². The van der Waals surface area contributed by atoms with Crippen LogP contribution in [0.1, 0.15) is 16.9 Å². The van der Waals surface area contributed by atoms with Crippen molar-refractivity contribution in [2.45, 2.75) is 20.4 Å². The number of benzene rings is 1. The maximum absolute atomic E-state index is 5.76. The number of furan rings is 1. The van der Waals surface area contributed by atoms with E-state index in [2.05, 4.69) is 37.4 Å². The van der Waals surface area contributed by atoms with E-state index in [9.17, 15) is 0 Å². The summed E-state index contributed by atoms with van der Waals surface area (Å²) in [5.74, 6) is 1.04. The van der Waals surface area contributed by atoms with Crippen LogP contribution < -0.4 is 5.32 Å².